The molecule has 0 aliphatic carbocycles. The van der Waals surface area contributed by atoms with Crippen molar-refractivity contribution in [1.29, 1.82) is 0 Å². The summed E-state index contributed by atoms with van der Waals surface area (Å²) in [6, 6.07) is 6.41. The molecule has 22 heavy (non-hydrogen) atoms. The van der Waals surface area contributed by atoms with Crippen molar-refractivity contribution < 1.29 is 47.9 Å². The van der Waals surface area contributed by atoms with Gasteiger partial charge in [0.1, 0.15) is 0 Å². The van der Waals surface area contributed by atoms with Gasteiger partial charge in [-0.1, -0.05) is 17.7 Å². The van der Waals surface area contributed by atoms with E-state index in [-0.39, 0.29) is 60.3 Å². The van der Waals surface area contributed by atoms with Crippen LogP contribution in [0.4, 0.5) is 0 Å². The Labute approximate surface area is 151 Å². The standard InChI is InChI=1S/C12H16N4O4S.Na/c1-9-2-4-10(5-3-9)21(19,20)15-12-13-7-16(8-14-12)6-11(17)18;/h2-5H,6-8H2,1H3,(H,17,18)(H2,13,14,15);/q;+1/p-1. The molecule has 0 bridgehead atoms. The van der Waals surface area contributed by atoms with Crippen molar-refractivity contribution in [2.45, 2.75) is 11.8 Å². The van der Waals surface area contributed by atoms with Gasteiger partial charge in [0.05, 0.1) is 24.2 Å². The molecule has 0 radical (unpaired) electrons. The molecule has 0 amide bonds. The van der Waals surface area contributed by atoms with Crippen molar-refractivity contribution in [2.24, 2.45) is 4.99 Å². The third kappa shape index (κ3) is 5.25. The van der Waals surface area contributed by atoms with E-state index in [0.717, 1.165) is 5.56 Å². The molecule has 0 unspecified atom stereocenters. The van der Waals surface area contributed by atoms with Crippen LogP contribution < -0.4 is 44.7 Å². The van der Waals surface area contributed by atoms with Crippen molar-refractivity contribution in [2.75, 3.05) is 19.9 Å². The van der Waals surface area contributed by atoms with Crippen LogP contribution in [0.5, 0.6) is 0 Å². The van der Waals surface area contributed by atoms with E-state index in [1.165, 1.54) is 17.0 Å². The molecule has 0 atom stereocenters. The third-order valence-corrected chi connectivity index (χ3v) is 4.17. The predicted molar refractivity (Wildman–Crippen MR) is 73.5 cm³/mol. The number of aliphatic imine (C=N–C) groups is 1. The molecule has 1 aromatic rings. The van der Waals surface area contributed by atoms with E-state index >= 15 is 0 Å². The van der Waals surface area contributed by atoms with E-state index in [1.807, 2.05) is 6.92 Å². The number of benzene rings is 1. The van der Waals surface area contributed by atoms with E-state index < -0.39 is 16.0 Å². The maximum Gasteiger partial charge on any atom is 1.00 e. The Morgan fingerprint density at radius 3 is 2.55 bits per heavy atom. The van der Waals surface area contributed by atoms with Crippen molar-refractivity contribution in [3.8, 4) is 0 Å². The first-order valence-electron chi connectivity index (χ1n) is 6.17. The van der Waals surface area contributed by atoms with Gasteiger partial charge in [-0.15, -0.1) is 0 Å². The molecule has 0 saturated heterocycles. The van der Waals surface area contributed by atoms with E-state index in [2.05, 4.69) is 15.0 Å². The molecule has 1 aromatic carbocycles. The number of hydrogen-bond donors (Lipinski definition) is 2. The zero-order valence-electron chi connectivity index (χ0n) is 12.4. The average Bonchev–Trinajstić information content (AvgIpc) is 2.40. The van der Waals surface area contributed by atoms with Crippen LogP contribution >= 0.6 is 0 Å². The number of guanidine groups is 1. The van der Waals surface area contributed by atoms with Crippen LogP contribution in [0.1, 0.15) is 5.56 Å². The van der Waals surface area contributed by atoms with Crippen LogP contribution in [-0.2, 0) is 14.8 Å². The first-order valence-corrected chi connectivity index (χ1v) is 7.65. The van der Waals surface area contributed by atoms with Crippen LogP contribution in [0.25, 0.3) is 0 Å². The Morgan fingerprint density at radius 2 is 2.05 bits per heavy atom. The minimum absolute atomic E-state index is 0. The van der Waals surface area contributed by atoms with Crippen LogP contribution in [0.15, 0.2) is 34.2 Å². The number of carboxylic acid groups (broad SMARTS) is 1. The van der Waals surface area contributed by atoms with Crippen LogP contribution in [-0.4, -0.2) is 45.1 Å². The SMILES string of the molecule is Cc1ccc(S(=O)(=O)NC2=NCN(CC(=O)[O-])CN2)cc1.[Na+]. The van der Waals surface area contributed by atoms with Gasteiger partial charge in [0.15, 0.2) is 0 Å². The van der Waals surface area contributed by atoms with E-state index in [0.29, 0.717) is 0 Å². The molecule has 2 N–H and O–H groups in total. The fourth-order valence-electron chi connectivity index (χ4n) is 1.72. The van der Waals surface area contributed by atoms with Crippen LogP contribution in [0.2, 0.25) is 0 Å². The van der Waals surface area contributed by atoms with Gasteiger partial charge in [-0.25, -0.2) is 18.1 Å². The summed E-state index contributed by atoms with van der Waals surface area (Å²) in [5.74, 6) is -1.12. The van der Waals surface area contributed by atoms with Gasteiger partial charge in [-0.2, -0.15) is 0 Å². The van der Waals surface area contributed by atoms with Gasteiger partial charge in [0, 0.05) is 6.54 Å². The van der Waals surface area contributed by atoms with Crippen LogP contribution in [0.3, 0.4) is 0 Å². The molecule has 2 rings (SSSR count). The Hall–Kier alpha value is -1.13. The minimum Gasteiger partial charge on any atom is -0.549 e. The average molecular weight is 334 g/mol. The number of hydrogen-bond acceptors (Lipinski definition) is 7. The van der Waals surface area contributed by atoms with Gasteiger partial charge in [0.2, 0.25) is 5.96 Å². The molecule has 114 valence electrons. The minimum atomic E-state index is -3.71. The van der Waals surface area contributed by atoms with Crippen molar-refractivity contribution in [1.82, 2.24) is 14.9 Å². The maximum atomic E-state index is 12.1. The molecular weight excluding hydrogens is 319 g/mol. The fraction of sp³-hybridized carbons (Fsp3) is 0.333. The van der Waals surface area contributed by atoms with E-state index in [4.69, 9.17) is 0 Å². The van der Waals surface area contributed by atoms with Gasteiger partial charge in [-0.3, -0.25) is 4.90 Å². The summed E-state index contributed by atoms with van der Waals surface area (Å²) in [5.41, 5.74) is 0.958. The second-order valence-corrected chi connectivity index (χ2v) is 6.28. The first-order chi connectivity index (χ1) is 9.87. The second-order valence-electron chi connectivity index (χ2n) is 4.60. The largest absolute Gasteiger partial charge is 1.00 e. The number of aryl methyl sites for hydroxylation is 1. The number of sulfonamides is 1. The molecule has 8 nitrogen and oxygen atoms in total. The Morgan fingerprint density at radius 1 is 1.41 bits per heavy atom. The fourth-order valence-corrected chi connectivity index (χ4v) is 2.73. The number of carbonyl (C=O) groups excluding carboxylic acids is 1. The van der Waals surface area contributed by atoms with Crippen LogP contribution in [0, 0.1) is 6.92 Å². The third-order valence-electron chi connectivity index (χ3n) is 2.81. The summed E-state index contributed by atoms with van der Waals surface area (Å²) in [6.07, 6.45) is 0. The van der Waals surface area contributed by atoms with Gasteiger partial charge in [0.25, 0.3) is 10.0 Å². The summed E-state index contributed by atoms with van der Waals surface area (Å²) < 4.78 is 26.6. The van der Waals surface area contributed by atoms with Gasteiger partial charge in [-0.05, 0) is 19.1 Å². The van der Waals surface area contributed by atoms with Crippen molar-refractivity contribution in [3.63, 3.8) is 0 Å². The Bertz CT molecular complexity index is 660. The maximum absolute atomic E-state index is 12.1. The van der Waals surface area contributed by atoms with E-state index in [1.54, 1.807) is 12.1 Å². The number of nitrogens with one attached hydrogen (secondary N) is 2. The zero-order valence-corrected chi connectivity index (χ0v) is 15.2. The molecule has 1 aliphatic heterocycles. The van der Waals surface area contributed by atoms with Crippen molar-refractivity contribution >= 4 is 22.0 Å². The Kier molecular flexibility index (Phi) is 6.82. The molecule has 0 spiro atoms. The molecular formula is C12H15N4NaO4S. The number of aliphatic carboxylic acids is 1. The molecule has 0 fully saturated rings. The van der Waals surface area contributed by atoms with Gasteiger partial charge < -0.3 is 15.2 Å². The smallest absolute Gasteiger partial charge is 0.549 e. The molecule has 1 aliphatic rings. The zero-order chi connectivity index (χ0) is 15.5. The monoisotopic (exact) mass is 334 g/mol. The number of rotatable bonds is 4. The van der Waals surface area contributed by atoms with Gasteiger partial charge >= 0.3 is 29.6 Å². The summed E-state index contributed by atoms with van der Waals surface area (Å²) in [7, 11) is -3.71. The quantitative estimate of drug-likeness (QED) is 0.534. The topological polar surface area (TPSA) is 114 Å². The molecule has 0 saturated carbocycles. The summed E-state index contributed by atoms with van der Waals surface area (Å²) >= 11 is 0. The molecule has 1 heterocycles. The predicted octanol–water partition coefficient (Wildman–Crippen LogP) is -4.80. The number of carbonyl (C=O) groups is 1. The van der Waals surface area contributed by atoms with Crippen molar-refractivity contribution in [3.05, 3.63) is 29.8 Å². The molecule has 0 aromatic heterocycles. The second kappa shape index (κ2) is 7.93. The molecule has 10 heteroatoms. The number of nitrogens with zero attached hydrogens (tertiary/aromatic N) is 2. The number of carboxylic acids is 1. The first kappa shape index (κ1) is 18.9. The normalized spacial score (nSPS) is 15.2. The summed E-state index contributed by atoms with van der Waals surface area (Å²) in [4.78, 5) is 16.0. The summed E-state index contributed by atoms with van der Waals surface area (Å²) in [5, 5.41) is 13.2. The Balaban J connectivity index is 0.00000242. The van der Waals surface area contributed by atoms with E-state index in [9.17, 15) is 18.3 Å². The summed E-state index contributed by atoms with van der Waals surface area (Å²) in [6.45, 7) is 1.84.